The second-order valence-electron chi connectivity index (χ2n) is 4.00. The van der Waals surface area contributed by atoms with Crippen LogP contribution in [0.4, 0.5) is 0 Å². The number of hydrogen-bond donors (Lipinski definition) is 2. The molecule has 18 heavy (non-hydrogen) atoms. The molecule has 0 aliphatic rings. The lowest BCUT2D eigenvalue weighted by molar-refractivity contribution is 0.777. The third-order valence-electron chi connectivity index (χ3n) is 2.29. The molecule has 6 heteroatoms. The molecule has 0 aliphatic heterocycles. The Balaban J connectivity index is 2.20. The Kier molecular flexibility index (Phi) is 3.78. The lowest BCUT2D eigenvalue weighted by atomic mass is 10.2. The van der Waals surface area contributed by atoms with E-state index < -0.39 is 0 Å². The minimum Gasteiger partial charge on any atom is -0.323 e. The molecule has 0 spiro atoms. The summed E-state index contributed by atoms with van der Waals surface area (Å²) in [5.74, 6) is 0. The highest BCUT2D eigenvalue weighted by Crippen LogP contribution is 2.23. The summed E-state index contributed by atoms with van der Waals surface area (Å²) in [4.78, 5) is 23.4. The van der Waals surface area contributed by atoms with Crippen molar-refractivity contribution in [3.63, 3.8) is 0 Å². The van der Waals surface area contributed by atoms with Crippen LogP contribution in [0.3, 0.4) is 0 Å². The van der Waals surface area contributed by atoms with Crippen LogP contribution in [0.1, 0.15) is 24.4 Å². The number of nitrogens with one attached hydrogen (secondary N) is 1. The maximum Gasteiger partial charge on any atom is 0.251 e. The Morgan fingerprint density at radius 2 is 2.22 bits per heavy atom. The third-order valence-corrected chi connectivity index (χ3v) is 3.15. The standard InChI is InChI=1S/C12H14N4OS/c1-7-5-11(17)16-12(15-7)18-9-3-4-10(8(2)13)14-6-9/h3-6,8H,13H2,1-2H3,(H,15,16,17)/t8-/m1/s1. The van der Waals surface area contributed by atoms with Gasteiger partial charge in [0.2, 0.25) is 0 Å². The van der Waals surface area contributed by atoms with Gasteiger partial charge in [-0.05, 0) is 26.0 Å². The first-order chi connectivity index (χ1) is 8.54. The van der Waals surface area contributed by atoms with Gasteiger partial charge in [0.15, 0.2) is 5.16 Å². The highest BCUT2D eigenvalue weighted by atomic mass is 32.2. The molecule has 0 bridgehead atoms. The van der Waals surface area contributed by atoms with Crippen LogP contribution in [0, 0.1) is 6.92 Å². The fourth-order valence-electron chi connectivity index (χ4n) is 1.43. The van der Waals surface area contributed by atoms with E-state index in [2.05, 4.69) is 15.0 Å². The molecule has 0 aliphatic carbocycles. The number of rotatable bonds is 3. The van der Waals surface area contributed by atoms with Gasteiger partial charge in [-0.15, -0.1) is 0 Å². The number of nitrogens with zero attached hydrogens (tertiary/aromatic N) is 2. The predicted octanol–water partition coefficient (Wildman–Crippen LogP) is 1.64. The number of aromatic nitrogens is 3. The van der Waals surface area contributed by atoms with Crippen LogP contribution < -0.4 is 11.3 Å². The molecule has 2 rings (SSSR count). The first kappa shape index (κ1) is 12.8. The molecule has 3 N–H and O–H groups in total. The Labute approximate surface area is 109 Å². The first-order valence-corrected chi connectivity index (χ1v) is 6.33. The molecule has 2 heterocycles. The van der Waals surface area contributed by atoms with E-state index in [1.54, 1.807) is 13.1 Å². The molecule has 0 radical (unpaired) electrons. The first-order valence-electron chi connectivity index (χ1n) is 5.52. The zero-order chi connectivity index (χ0) is 13.1. The largest absolute Gasteiger partial charge is 0.323 e. The molecule has 0 aromatic carbocycles. The van der Waals surface area contributed by atoms with E-state index in [1.165, 1.54) is 17.8 Å². The summed E-state index contributed by atoms with van der Waals surface area (Å²) in [6.45, 7) is 3.67. The van der Waals surface area contributed by atoms with Crippen LogP contribution in [0.2, 0.25) is 0 Å². The summed E-state index contributed by atoms with van der Waals surface area (Å²) in [6, 6.07) is 5.17. The summed E-state index contributed by atoms with van der Waals surface area (Å²) in [5.41, 5.74) is 7.11. The number of H-pyrrole nitrogens is 1. The van der Waals surface area contributed by atoms with Crippen molar-refractivity contribution in [3.05, 3.63) is 46.1 Å². The lowest BCUT2D eigenvalue weighted by Crippen LogP contribution is -2.08. The van der Waals surface area contributed by atoms with Gasteiger partial charge < -0.3 is 10.7 Å². The number of nitrogens with two attached hydrogens (primary N) is 1. The average molecular weight is 262 g/mol. The lowest BCUT2D eigenvalue weighted by Gasteiger charge is -2.05. The highest BCUT2D eigenvalue weighted by molar-refractivity contribution is 7.99. The zero-order valence-corrected chi connectivity index (χ0v) is 11.0. The Bertz CT molecular complexity index is 592. The third kappa shape index (κ3) is 3.18. The van der Waals surface area contributed by atoms with Crippen molar-refractivity contribution >= 4 is 11.8 Å². The fourth-order valence-corrected chi connectivity index (χ4v) is 2.24. The van der Waals surface area contributed by atoms with E-state index in [-0.39, 0.29) is 11.6 Å². The maximum atomic E-state index is 11.3. The molecule has 0 saturated carbocycles. The van der Waals surface area contributed by atoms with E-state index in [1.807, 2.05) is 19.1 Å². The molecule has 0 unspecified atom stereocenters. The predicted molar refractivity (Wildman–Crippen MR) is 70.6 cm³/mol. The molecule has 0 amide bonds. The summed E-state index contributed by atoms with van der Waals surface area (Å²) >= 11 is 1.37. The van der Waals surface area contributed by atoms with Crippen molar-refractivity contribution in [1.29, 1.82) is 0 Å². The topological polar surface area (TPSA) is 84.7 Å². The van der Waals surface area contributed by atoms with Gasteiger partial charge in [0, 0.05) is 28.9 Å². The zero-order valence-electron chi connectivity index (χ0n) is 10.2. The highest BCUT2D eigenvalue weighted by Gasteiger charge is 2.04. The van der Waals surface area contributed by atoms with Crippen LogP contribution in [0.15, 0.2) is 39.2 Å². The number of hydrogen-bond acceptors (Lipinski definition) is 5. The van der Waals surface area contributed by atoms with Crippen LogP contribution in [0.25, 0.3) is 0 Å². The Morgan fingerprint density at radius 3 is 2.78 bits per heavy atom. The van der Waals surface area contributed by atoms with Crippen LogP contribution >= 0.6 is 11.8 Å². The maximum absolute atomic E-state index is 11.3. The van der Waals surface area contributed by atoms with Crippen LogP contribution in [-0.2, 0) is 0 Å². The minimum absolute atomic E-state index is 0.0825. The SMILES string of the molecule is Cc1cc(=O)[nH]c(Sc2ccc([C@@H](C)N)nc2)n1. The second-order valence-corrected chi connectivity index (χ2v) is 5.06. The van der Waals surface area contributed by atoms with Gasteiger partial charge in [-0.3, -0.25) is 9.78 Å². The van der Waals surface area contributed by atoms with Crippen molar-refractivity contribution in [2.75, 3.05) is 0 Å². The Morgan fingerprint density at radius 1 is 1.44 bits per heavy atom. The van der Waals surface area contributed by atoms with E-state index in [4.69, 9.17) is 5.73 Å². The number of pyridine rings is 1. The molecule has 0 fully saturated rings. The molecule has 1 atom stereocenters. The van der Waals surface area contributed by atoms with Gasteiger partial charge in [0.25, 0.3) is 5.56 Å². The average Bonchev–Trinajstić information content (AvgIpc) is 2.28. The molecule has 2 aromatic rings. The van der Waals surface area contributed by atoms with Crippen molar-refractivity contribution < 1.29 is 0 Å². The number of aryl methyl sites for hydroxylation is 1. The van der Waals surface area contributed by atoms with Crippen molar-refractivity contribution in [3.8, 4) is 0 Å². The van der Waals surface area contributed by atoms with Crippen LogP contribution in [0.5, 0.6) is 0 Å². The van der Waals surface area contributed by atoms with E-state index in [9.17, 15) is 4.79 Å². The van der Waals surface area contributed by atoms with Gasteiger partial charge in [-0.2, -0.15) is 0 Å². The minimum atomic E-state index is -0.148. The number of aromatic amines is 1. The molecular formula is C12H14N4OS. The Hall–Kier alpha value is -1.66. The second kappa shape index (κ2) is 5.32. The summed E-state index contributed by atoms with van der Waals surface area (Å²) < 4.78 is 0. The summed E-state index contributed by atoms with van der Waals surface area (Å²) in [5, 5.41) is 0.565. The smallest absolute Gasteiger partial charge is 0.251 e. The molecule has 94 valence electrons. The van der Waals surface area contributed by atoms with Crippen molar-refractivity contribution in [1.82, 2.24) is 15.0 Å². The van der Waals surface area contributed by atoms with Gasteiger partial charge in [-0.1, -0.05) is 11.8 Å². The molecule has 5 nitrogen and oxygen atoms in total. The summed E-state index contributed by atoms with van der Waals surface area (Å²) in [7, 11) is 0. The molecule has 0 saturated heterocycles. The normalized spacial score (nSPS) is 12.4. The van der Waals surface area contributed by atoms with E-state index in [0.29, 0.717) is 10.9 Å². The molecule has 2 aromatic heterocycles. The van der Waals surface area contributed by atoms with Crippen molar-refractivity contribution in [2.45, 2.75) is 29.9 Å². The van der Waals surface area contributed by atoms with E-state index in [0.717, 1.165) is 10.6 Å². The van der Waals surface area contributed by atoms with Gasteiger partial charge in [0.1, 0.15) is 0 Å². The van der Waals surface area contributed by atoms with E-state index >= 15 is 0 Å². The van der Waals surface area contributed by atoms with Gasteiger partial charge in [-0.25, -0.2) is 4.98 Å². The van der Waals surface area contributed by atoms with Gasteiger partial charge >= 0.3 is 0 Å². The molecular weight excluding hydrogens is 248 g/mol. The van der Waals surface area contributed by atoms with Crippen LogP contribution in [-0.4, -0.2) is 15.0 Å². The van der Waals surface area contributed by atoms with Gasteiger partial charge in [0.05, 0.1) is 5.69 Å². The fraction of sp³-hybridized carbons (Fsp3) is 0.250. The quantitative estimate of drug-likeness (QED) is 0.821. The monoisotopic (exact) mass is 262 g/mol. The summed E-state index contributed by atoms with van der Waals surface area (Å²) in [6.07, 6.45) is 1.73. The van der Waals surface area contributed by atoms with Crippen molar-refractivity contribution in [2.24, 2.45) is 5.73 Å².